The summed E-state index contributed by atoms with van der Waals surface area (Å²) in [5.41, 5.74) is 0.322. The van der Waals surface area contributed by atoms with Crippen LogP contribution in [0.15, 0.2) is 11.6 Å². The zero-order valence-electron chi connectivity index (χ0n) is 8.74. The molecule has 14 heavy (non-hydrogen) atoms. The Hall–Kier alpha value is -0.680. The summed E-state index contributed by atoms with van der Waals surface area (Å²) in [6.07, 6.45) is 3.26. The smallest absolute Gasteiger partial charge is 0.330 e. The van der Waals surface area contributed by atoms with Gasteiger partial charge in [-0.2, -0.15) is 0 Å². The number of carbonyl (C=O) groups is 1. The number of nitrogens with one attached hydrogen (secondary N) is 1. The number of aliphatic carboxylic acids is 1. The molecule has 0 radical (unpaired) electrons. The van der Waals surface area contributed by atoms with Gasteiger partial charge in [0.05, 0.1) is 0 Å². The van der Waals surface area contributed by atoms with Gasteiger partial charge in [0.25, 0.3) is 0 Å². The van der Waals surface area contributed by atoms with E-state index in [1.807, 2.05) is 6.92 Å². The Bertz CT molecular complexity index is 250. The highest BCUT2D eigenvalue weighted by Crippen LogP contribution is 1.92. The van der Waals surface area contributed by atoms with Crippen molar-refractivity contribution < 1.29 is 14.1 Å². The summed E-state index contributed by atoms with van der Waals surface area (Å²) in [7, 11) is -0.833. The van der Waals surface area contributed by atoms with Gasteiger partial charge in [0, 0.05) is 41.0 Å². The van der Waals surface area contributed by atoms with Crippen LogP contribution in [0.1, 0.15) is 13.8 Å². The zero-order valence-corrected chi connectivity index (χ0v) is 9.56. The minimum atomic E-state index is -0.904. The van der Waals surface area contributed by atoms with Crippen LogP contribution in [0.4, 0.5) is 0 Å². The third-order valence-electron chi connectivity index (χ3n) is 1.89. The molecule has 0 bridgehead atoms. The molecule has 0 saturated carbocycles. The lowest BCUT2D eigenvalue weighted by molar-refractivity contribution is -0.132. The second kappa shape index (κ2) is 6.73. The van der Waals surface area contributed by atoms with E-state index in [0.717, 1.165) is 0 Å². The summed E-state index contributed by atoms with van der Waals surface area (Å²) < 4.78 is 10.9. The second-order valence-corrected chi connectivity index (χ2v) is 4.96. The fraction of sp³-hybridized carbons (Fsp3) is 0.667. The van der Waals surface area contributed by atoms with Crippen molar-refractivity contribution in [2.45, 2.75) is 19.1 Å². The number of rotatable bonds is 6. The monoisotopic (exact) mass is 219 g/mol. The molecular formula is C9H17NO3S. The van der Waals surface area contributed by atoms with Crippen molar-refractivity contribution in [1.82, 2.24) is 5.32 Å². The average Bonchev–Trinajstić information content (AvgIpc) is 2.11. The molecule has 0 spiro atoms. The van der Waals surface area contributed by atoms with E-state index in [9.17, 15) is 9.00 Å². The number of carboxylic acids is 1. The standard InChI is InChI=1S/C9H17NO3S/c1-7(9(11)12)4-5-10-6-8(2)14(3)13/h4,8,10H,5-6H2,1-3H3,(H,11,12)/b7-4-. The van der Waals surface area contributed by atoms with Crippen molar-refractivity contribution >= 4 is 16.8 Å². The minimum Gasteiger partial charge on any atom is -0.478 e. The largest absolute Gasteiger partial charge is 0.478 e. The van der Waals surface area contributed by atoms with Gasteiger partial charge in [-0.3, -0.25) is 4.21 Å². The SMILES string of the molecule is C/C(=C/CNCC(C)S(C)=O)C(=O)O. The first-order valence-electron chi connectivity index (χ1n) is 4.38. The highest BCUT2D eigenvalue weighted by Gasteiger charge is 2.04. The maximum atomic E-state index is 10.9. The first-order valence-corrected chi connectivity index (χ1v) is 6.00. The summed E-state index contributed by atoms with van der Waals surface area (Å²) in [6, 6.07) is 0. The van der Waals surface area contributed by atoms with E-state index in [-0.39, 0.29) is 5.25 Å². The lowest BCUT2D eigenvalue weighted by atomic mass is 10.3. The van der Waals surface area contributed by atoms with Crippen LogP contribution in [-0.2, 0) is 15.6 Å². The fourth-order valence-electron chi connectivity index (χ4n) is 0.717. The lowest BCUT2D eigenvalue weighted by Gasteiger charge is -2.07. The van der Waals surface area contributed by atoms with E-state index in [1.165, 1.54) is 0 Å². The second-order valence-electron chi connectivity index (χ2n) is 3.16. The fourth-order valence-corrected chi connectivity index (χ4v) is 1.07. The van der Waals surface area contributed by atoms with Crippen molar-refractivity contribution in [1.29, 1.82) is 0 Å². The molecule has 2 unspecified atom stereocenters. The van der Waals surface area contributed by atoms with Crippen LogP contribution in [-0.4, -0.2) is 39.9 Å². The van der Waals surface area contributed by atoms with E-state index in [2.05, 4.69) is 5.32 Å². The molecule has 0 heterocycles. The Morgan fingerprint density at radius 2 is 2.21 bits per heavy atom. The Labute approximate surface area is 86.8 Å². The third-order valence-corrected chi connectivity index (χ3v) is 3.19. The molecule has 0 saturated heterocycles. The van der Waals surface area contributed by atoms with Crippen molar-refractivity contribution in [2.24, 2.45) is 0 Å². The quantitative estimate of drug-likeness (QED) is 0.500. The first-order chi connectivity index (χ1) is 6.45. The van der Waals surface area contributed by atoms with E-state index >= 15 is 0 Å². The van der Waals surface area contributed by atoms with E-state index in [1.54, 1.807) is 19.3 Å². The maximum Gasteiger partial charge on any atom is 0.330 e. The van der Waals surface area contributed by atoms with Crippen LogP contribution in [0.5, 0.6) is 0 Å². The molecule has 0 amide bonds. The minimum absolute atomic E-state index is 0.0912. The van der Waals surface area contributed by atoms with E-state index in [0.29, 0.717) is 18.7 Å². The van der Waals surface area contributed by atoms with Gasteiger partial charge in [-0.05, 0) is 13.8 Å². The molecule has 5 heteroatoms. The molecule has 0 aromatic carbocycles. The van der Waals surface area contributed by atoms with Crippen LogP contribution in [0.3, 0.4) is 0 Å². The molecule has 82 valence electrons. The third kappa shape index (κ3) is 5.88. The summed E-state index contributed by atoms with van der Waals surface area (Å²) in [5.74, 6) is -0.904. The molecule has 0 fully saturated rings. The van der Waals surface area contributed by atoms with E-state index in [4.69, 9.17) is 5.11 Å². The average molecular weight is 219 g/mol. The zero-order chi connectivity index (χ0) is 11.1. The number of hydrogen-bond donors (Lipinski definition) is 2. The molecule has 0 aliphatic carbocycles. The number of carboxylic acid groups (broad SMARTS) is 1. The molecule has 0 aliphatic heterocycles. The summed E-state index contributed by atoms with van der Waals surface area (Å²) in [4.78, 5) is 10.4. The molecule has 0 aromatic heterocycles. The van der Waals surface area contributed by atoms with Gasteiger partial charge in [0.2, 0.25) is 0 Å². The molecule has 2 atom stereocenters. The number of hydrogen-bond acceptors (Lipinski definition) is 3. The van der Waals surface area contributed by atoms with Crippen molar-refractivity contribution in [3.8, 4) is 0 Å². The summed E-state index contributed by atoms with van der Waals surface area (Å²) in [6.45, 7) is 4.56. The maximum absolute atomic E-state index is 10.9. The van der Waals surface area contributed by atoms with Gasteiger partial charge >= 0.3 is 5.97 Å². The topological polar surface area (TPSA) is 66.4 Å². The molecule has 2 N–H and O–H groups in total. The highest BCUT2D eigenvalue weighted by molar-refractivity contribution is 7.84. The van der Waals surface area contributed by atoms with Crippen molar-refractivity contribution in [3.05, 3.63) is 11.6 Å². The van der Waals surface area contributed by atoms with Gasteiger partial charge in [-0.25, -0.2) is 4.79 Å². The van der Waals surface area contributed by atoms with Crippen molar-refractivity contribution in [2.75, 3.05) is 19.3 Å². The Kier molecular flexibility index (Phi) is 6.40. The highest BCUT2D eigenvalue weighted by atomic mass is 32.2. The van der Waals surface area contributed by atoms with Crippen LogP contribution < -0.4 is 5.32 Å². The van der Waals surface area contributed by atoms with Gasteiger partial charge in [-0.15, -0.1) is 0 Å². The Balaban J connectivity index is 3.71. The van der Waals surface area contributed by atoms with Gasteiger partial charge in [0.1, 0.15) is 0 Å². The molecule has 0 aliphatic rings. The Morgan fingerprint density at radius 1 is 1.64 bits per heavy atom. The predicted octanol–water partition coefficient (Wildman–Crippen LogP) is 0.374. The van der Waals surface area contributed by atoms with Crippen LogP contribution >= 0.6 is 0 Å². The van der Waals surface area contributed by atoms with Gasteiger partial charge in [-0.1, -0.05) is 6.08 Å². The molecule has 0 rings (SSSR count). The van der Waals surface area contributed by atoms with Crippen molar-refractivity contribution in [3.63, 3.8) is 0 Å². The predicted molar refractivity (Wildman–Crippen MR) is 57.8 cm³/mol. The van der Waals surface area contributed by atoms with Crippen LogP contribution in [0.2, 0.25) is 0 Å². The molecule has 0 aromatic rings. The summed E-state index contributed by atoms with van der Waals surface area (Å²) in [5, 5.41) is 11.6. The summed E-state index contributed by atoms with van der Waals surface area (Å²) >= 11 is 0. The van der Waals surface area contributed by atoms with Gasteiger partial charge in [0.15, 0.2) is 0 Å². The Morgan fingerprint density at radius 3 is 2.64 bits per heavy atom. The molecular weight excluding hydrogens is 202 g/mol. The molecule has 4 nitrogen and oxygen atoms in total. The lowest BCUT2D eigenvalue weighted by Crippen LogP contribution is -2.27. The van der Waals surface area contributed by atoms with Gasteiger partial charge < -0.3 is 10.4 Å². The normalized spacial score (nSPS) is 16.4. The van der Waals surface area contributed by atoms with Crippen LogP contribution in [0, 0.1) is 0 Å². The van der Waals surface area contributed by atoms with Crippen LogP contribution in [0.25, 0.3) is 0 Å². The first kappa shape index (κ1) is 13.3. The van der Waals surface area contributed by atoms with E-state index < -0.39 is 16.8 Å².